The highest BCUT2D eigenvalue weighted by molar-refractivity contribution is 5.95. The summed E-state index contributed by atoms with van der Waals surface area (Å²) >= 11 is 0. The van der Waals surface area contributed by atoms with Crippen molar-refractivity contribution in [1.29, 1.82) is 0 Å². The quantitative estimate of drug-likeness (QED) is 0.787. The van der Waals surface area contributed by atoms with Gasteiger partial charge in [-0.05, 0) is 61.2 Å². The molecule has 2 aromatic rings. The van der Waals surface area contributed by atoms with Crippen LogP contribution in [0.1, 0.15) is 30.1 Å². The number of anilines is 2. The van der Waals surface area contributed by atoms with E-state index in [4.69, 9.17) is 4.74 Å². The Morgan fingerprint density at radius 3 is 2.39 bits per heavy atom. The minimum atomic E-state index is -1.15. The Bertz CT molecular complexity index is 847. The molecule has 1 saturated heterocycles. The number of rotatable bonds is 5. The number of carbonyl (C=O) groups excluding carboxylic acids is 2. The molecule has 3 rings (SSSR count). The summed E-state index contributed by atoms with van der Waals surface area (Å²) < 4.78 is 30.9. The summed E-state index contributed by atoms with van der Waals surface area (Å²) in [6.07, 6.45) is 2.34. The van der Waals surface area contributed by atoms with Crippen molar-refractivity contribution in [1.82, 2.24) is 0 Å². The maximum atomic E-state index is 13.1. The molecular weight excluding hydrogens is 366 g/mol. The van der Waals surface area contributed by atoms with Gasteiger partial charge >= 0.3 is 5.97 Å². The number of halogens is 2. The standard InChI is InChI=1S/C21H22F2N2O3/c1-14-8-10-25(11-9-14)17-5-3-16(4-6-17)24-20(26)13-28-21(27)15-2-7-18(22)19(23)12-15/h2-7,12,14H,8-11,13H2,1H3,(H,24,26). The van der Waals surface area contributed by atoms with E-state index in [9.17, 15) is 18.4 Å². The van der Waals surface area contributed by atoms with E-state index in [1.165, 1.54) is 12.8 Å². The predicted octanol–water partition coefficient (Wildman–Crippen LogP) is 4.00. The topological polar surface area (TPSA) is 58.6 Å². The third-order valence-corrected chi connectivity index (χ3v) is 4.79. The van der Waals surface area contributed by atoms with Gasteiger partial charge in [0.2, 0.25) is 0 Å². The Labute approximate surface area is 162 Å². The third-order valence-electron chi connectivity index (χ3n) is 4.79. The number of esters is 1. The zero-order chi connectivity index (χ0) is 20.1. The molecule has 2 aromatic carbocycles. The zero-order valence-corrected chi connectivity index (χ0v) is 15.6. The molecule has 0 atom stereocenters. The van der Waals surface area contributed by atoms with Crippen LogP contribution in [0.15, 0.2) is 42.5 Å². The van der Waals surface area contributed by atoms with E-state index in [1.807, 2.05) is 12.1 Å². The molecule has 0 radical (unpaired) electrons. The van der Waals surface area contributed by atoms with Crippen molar-refractivity contribution in [3.63, 3.8) is 0 Å². The van der Waals surface area contributed by atoms with E-state index in [2.05, 4.69) is 17.1 Å². The van der Waals surface area contributed by atoms with Crippen molar-refractivity contribution in [2.24, 2.45) is 5.92 Å². The fourth-order valence-electron chi connectivity index (χ4n) is 3.06. The molecule has 0 bridgehead atoms. The summed E-state index contributed by atoms with van der Waals surface area (Å²) in [5, 5.41) is 2.64. The number of nitrogens with one attached hydrogen (secondary N) is 1. The van der Waals surface area contributed by atoms with Crippen molar-refractivity contribution in [2.75, 3.05) is 29.9 Å². The van der Waals surface area contributed by atoms with Crippen molar-refractivity contribution < 1.29 is 23.1 Å². The first-order chi connectivity index (χ1) is 13.4. The van der Waals surface area contributed by atoms with E-state index in [1.54, 1.807) is 12.1 Å². The Morgan fingerprint density at radius 1 is 1.07 bits per heavy atom. The monoisotopic (exact) mass is 388 g/mol. The molecule has 0 spiro atoms. The van der Waals surface area contributed by atoms with Crippen molar-refractivity contribution in [2.45, 2.75) is 19.8 Å². The summed E-state index contributed by atoms with van der Waals surface area (Å²) in [5.41, 5.74) is 1.53. The molecule has 1 aliphatic rings. The molecule has 0 aliphatic carbocycles. The van der Waals surface area contributed by atoms with Crippen molar-refractivity contribution in [3.8, 4) is 0 Å². The Hall–Kier alpha value is -2.96. The lowest BCUT2D eigenvalue weighted by Gasteiger charge is -2.32. The average Bonchev–Trinajstić information content (AvgIpc) is 2.69. The smallest absolute Gasteiger partial charge is 0.338 e. The second-order valence-corrected chi connectivity index (χ2v) is 6.97. The summed E-state index contributed by atoms with van der Waals surface area (Å²) in [4.78, 5) is 26.1. The highest BCUT2D eigenvalue weighted by Gasteiger charge is 2.16. The van der Waals surface area contributed by atoms with Crippen molar-refractivity contribution >= 4 is 23.3 Å². The fraction of sp³-hybridized carbons (Fsp3) is 0.333. The maximum absolute atomic E-state index is 13.1. The van der Waals surface area contributed by atoms with Gasteiger partial charge in [0.15, 0.2) is 18.2 Å². The summed E-state index contributed by atoms with van der Waals surface area (Å²) in [7, 11) is 0. The van der Waals surface area contributed by atoms with Gasteiger partial charge in [-0.25, -0.2) is 13.6 Å². The summed E-state index contributed by atoms with van der Waals surface area (Å²) in [6, 6.07) is 10.1. The van der Waals surface area contributed by atoms with Crippen LogP contribution in [0.3, 0.4) is 0 Å². The van der Waals surface area contributed by atoms with Gasteiger partial charge in [0.25, 0.3) is 5.91 Å². The average molecular weight is 388 g/mol. The first kappa shape index (κ1) is 19.8. The van der Waals surface area contributed by atoms with E-state index < -0.39 is 30.1 Å². The molecule has 1 heterocycles. The van der Waals surface area contributed by atoms with Crippen LogP contribution in [0.25, 0.3) is 0 Å². The molecule has 0 unspecified atom stereocenters. The first-order valence-electron chi connectivity index (χ1n) is 9.19. The number of hydrogen-bond acceptors (Lipinski definition) is 4. The molecule has 148 valence electrons. The zero-order valence-electron chi connectivity index (χ0n) is 15.6. The van der Waals surface area contributed by atoms with Crippen LogP contribution in [-0.4, -0.2) is 31.6 Å². The van der Waals surface area contributed by atoms with E-state index >= 15 is 0 Å². The normalized spacial score (nSPS) is 14.6. The molecule has 1 N–H and O–H groups in total. The van der Waals surface area contributed by atoms with Crippen LogP contribution in [-0.2, 0) is 9.53 Å². The number of benzene rings is 2. The van der Waals surface area contributed by atoms with Crippen LogP contribution in [0.5, 0.6) is 0 Å². The van der Waals surface area contributed by atoms with Gasteiger partial charge in [0, 0.05) is 24.5 Å². The predicted molar refractivity (Wildman–Crippen MR) is 102 cm³/mol. The van der Waals surface area contributed by atoms with E-state index in [0.717, 1.165) is 42.9 Å². The summed E-state index contributed by atoms with van der Waals surface area (Å²) in [5.74, 6) is -2.87. The molecule has 5 nitrogen and oxygen atoms in total. The van der Waals surface area contributed by atoms with Gasteiger partial charge in [0.05, 0.1) is 5.56 Å². The van der Waals surface area contributed by atoms with Gasteiger partial charge in [-0.2, -0.15) is 0 Å². The highest BCUT2D eigenvalue weighted by Crippen LogP contribution is 2.24. The van der Waals surface area contributed by atoms with Gasteiger partial charge in [-0.3, -0.25) is 4.79 Å². The number of carbonyl (C=O) groups is 2. The molecule has 1 fully saturated rings. The minimum absolute atomic E-state index is 0.160. The molecular formula is C21H22F2N2O3. The lowest BCUT2D eigenvalue weighted by molar-refractivity contribution is -0.119. The number of ether oxygens (including phenoxy) is 1. The Kier molecular flexibility index (Phi) is 6.23. The second-order valence-electron chi connectivity index (χ2n) is 6.97. The molecule has 28 heavy (non-hydrogen) atoms. The van der Waals surface area contributed by atoms with Gasteiger partial charge in [0.1, 0.15) is 0 Å². The number of piperidine rings is 1. The van der Waals surface area contributed by atoms with Gasteiger partial charge in [-0.1, -0.05) is 6.92 Å². The second kappa shape index (κ2) is 8.82. The number of nitrogens with zero attached hydrogens (tertiary/aromatic N) is 1. The highest BCUT2D eigenvalue weighted by atomic mass is 19.2. The number of hydrogen-bond donors (Lipinski definition) is 1. The van der Waals surface area contributed by atoms with Crippen LogP contribution in [0.2, 0.25) is 0 Å². The summed E-state index contributed by atoms with van der Waals surface area (Å²) in [6.45, 7) is 3.78. The third kappa shape index (κ3) is 5.06. The fourth-order valence-corrected chi connectivity index (χ4v) is 3.06. The van der Waals surface area contributed by atoms with Crippen LogP contribution < -0.4 is 10.2 Å². The first-order valence-corrected chi connectivity index (χ1v) is 9.19. The molecule has 7 heteroatoms. The molecule has 0 saturated carbocycles. The largest absolute Gasteiger partial charge is 0.452 e. The minimum Gasteiger partial charge on any atom is -0.452 e. The Morgan fingerprint density at radius 2 is 1.75 bits per heavy atom. The molecule has 1 aliphatic heterocycles. The SMILES string of the molecule is CC1CCN(c2ccc(NC(=O)COC(=O)c3ccc(F)c(F)c3)cc2)CC1. The molecule has 0 aromatic heterocycles. The Balaban J connectivity index is 1.49. The van der Waals surface area contributed by atoms with Crippen molar-refractivity contribution in [3.05, 3.63) is 59.7 Å². The maximum Gasteiger partial charge on any atom is 0.338 e. The van der Waals surface area contributed by atoms with Gasteiger partial charge < -0.3 is 15.0 Å². The molecule has 1 amide bonds. The van der Waals surface area contributed by atoms with Crippen LogP contribution >= 0.6 is 0 Å². The van der Waals surface area contributed by atoms with E-state index in [-0.39, 0.29) is 5.56 Å². The lowest BCUT2D eigenvalue weighted by atomic mass is 9.99. The lowest BCUT2D eigenvalue weighted by Crippen LogP contribution is -2.32. The van der Waals surface area contributed by atoms with E-state index in [0.29, 0.717) is 5.69 Å². The van der Waals surface area contributed by atoms with Crippen LogP contribution in [0, 0.1) is 17.6 Å². The van der Waals surface area contributed by atoms with Crippen LogP contribution in [0.4, 0.5) is 20.2 Å². The number of amides is 1. The van der Waals surface area contributed by atoms with Gasteiger partial charge in [-0.15, -0.1) is 0 Å².